The molecular weight excluding hydrogens is 216 g/mol. The predicted octanol–water partition coefficient (Wildman–Crippen LogP) is 1.03. The molecule has 1 aliphatic carbocycles. The Balaban J connectivity index is 2.31. The molecule has 0 spiro atoms. The summed E-state index contributed by atoms with van der Waals surface area (Å²) < 4.78 is 0. The van der Waals surface area contributed by atoms with E-state index in [0.717, 1.165) is 19.1 Å². The molecule has 0 aromatic carbocycles. The number of amides is 1. The van der Waals surface area contributed by atoms with E-state index in [1.807, 2.05) is 0 Å². The fourth-order valence-corrected chi connectivity index (χ4v) is 2.28. The van der Waals surface area contributed by atoms with E-state index in [4.69, 9.17) is 0 Å². The van der Waals surface area contributed by atoms with Crippen molar-refractivity contribution in [2.75, 3.05) is 13.1 Å². The van der Waals surface area contributed by atoms with Gasteiger partial charge in [-0.15, -0.1) is 6.58 Å². The van der Waals surface area contributed by atoms with Crippen LogP contribution in [0.25, 0.3) is 0 Å². The zero-order valence-corrected chi connectivity index (χ0v) is 10.3. The molecule has 0 heterocycles. The lowest BCUT2D eigenvalue weighted by Gasteiger charge is -2.27. The van der Waals surface area contributed by atoms with E-state index in [2.05, 4.69) is 17.2 Å². The van der Waals surface area contributed by atoms with Crippen LogP contribution in [0.2, 0.25) is 0 Å². The zero-order chi connectivity index (χ0) is 12.5. The van der Waals surface area contributed by atoms with Gasteiger partial charge in [0, 0.05) is 6.54 Å². The first kappa shape index (κ1) is 13.9. The maximum Gasteiger partial charge on any atom is 0.234 e. The Morgan fingerprint density at radius 2 is 2.06 bits per heavy atom. The average molecular weight is 238 g/mol. The monoisotopic (exact) mass is 238 g/mol. The van der Waals surface area contributed by atoms with Crippen molar-refractivity contribution in [3.8, 4) is 0 Å². The molecule has 1 amide bonds. The Morgan fingerprint density at radius 1 is 1.35 bits per heavy atom. The first-order chi connectivity index (χ1) is 8.27. The third kappa shape index (κ3) is 5.13. The van der Waals surface area contributed by atoms with Crippen LogP contribution >= 0.6 is 0 Å². The van der Waals surface area contributed by atoms with Crippen molar-refractivity contribution in [2.24, 2.45) is 5.92 Å². The molecule has 0 unspecified atom stereocenters. The van der Waals surface area contributed by atoms with Gasteiger partial charge in [0.05, 0.1) is 12.6 Å². The minimum absolute atomic E-state index is 0.116. The highest BCUT2D eigenvalue weighted by molar-refractivity contribution is 5.81. The lowest BCUT2D eigenvalue weighted by Crippen LogP contribution is -2.45. The molecule has 0 saturated heterocycles. The Bertz CT molecular complexity index is 260. The van der Waals surface area contributed by atoms with Gasteiger partial charge in [0.25, 0.3) is 0 Å². The summed E-state index contributed by atoms with van der Waals surface area (Å²) in [6.07, 6.45) is 8.25. The Labute approximate surface area is 103 Å². The number of hydrogen-bond donors (Lipinski definition) is 2. The summed E-state index contributed by atoms with van der Waals surface area (Å²) >= 11 is 0. The van der Waals surface area contributed by atoms with E-state index in [1.54, 1.807) is 6.08 Å². The second-order valence-electron chi connectivity index (χ2n) is 4.55. The van der Waals surface area contributed by atoms with Crippen LogP contribution in [0.1, 0.15) is 32.1 Å². The molecule has 17 heavy (non-hydrogen) atoms. The van der Waals surface area contributed by atoms with Crippen LogP contribution in [0.5, 0.6) is 0 Å². The maximum absolute atomic E-state index is 11.6. The molecule has 2 N–H and O–H groups in total. The number of aldehydes is 1. The molecule has 0 bridgehead atoms. The van der Waals surface area contributed by atoms with Gasteiger partial charge in [-0.25, -0.2) is 0 Å². The smallest absolute Gasteiger partial charge is 0.234 e. The van der Waals surface area contributed by atoms with Gasteiger partial charge >= 0.3 is 0 Å². The average Bonchev–Trinajstić information content (AvgIpc) is 2.37. The summed E-state index contributed by atoms with van der Waals surface area (Å²) in [7, 11) is 0. The van der Waals surface area contributed by atoms with Crippen LogP contribution < -0.4 is 10.6 Å². The highest BCUT2D eigenvalue weighted by Gasteiger charge is 2.24. The van der Waals surface area contributed by atoms with Gasteiger partial charge in [-0.2, -0.15) is 0 Å². The highest BCUT2D eigenvalue weighted by Crippen LogP contribution is 2.25. The molecular formula is C13H22N2O2. The van der Waals surface area contributed by atoms with Crippen LogP contribution in [0.3, 0.4) is 0 Å². The minimum atomic E-state index is -0.312. The molecule has 0 aromatic heterocycles. The molecule has 4 heteroatoms. The number of carbonyl (C=O) groups excluding carboxylic acids is 2. The van der Waals surface area contributed by atoms with Crippen molar-refractivity contribution in [2.45, 2.75) is 38.1 Å². The maximum atomic E-state index is 11.6. The fourth-order valence-electron chi connectivity index (χ4n) is 2.28. The molecule has 1 saturated carbocycles. The van der Waals surface area contributed by atoms with Gasteiger partial charge in [-0.1, -0.05) is 25.3 Å². The first-order valence-corrected chi connectivity index (χ1v) is 6.34. The predicted molar refractivity (Wildman–Crippen MR) is 67.6 cm³/mol. The second kappa shape index (κ2) is 8.01. The molecule has 1 rings (SSSR count). The highest BCUT2D eigenvalue weighted by atomic mass is 16.2. The molecule has 4 nitrogen and oxygen atoms in total. The standard InChI is InChI=1S/C13H22N2O2/c1-2-8-14-9-13(17)15-12(10-16)11-6-4-3-5-7-11/h2,10-12,14H,1,3-9H2,(H,15,17)/t12-/m1/s1. The van der Waals surface area contributed by atoms with Gasteiger partial charge in [0.15, 0.2) is 0 Å². The summed E-state index contributed by atoms with van der Waals surface area (Å²) in [5, 5.41) is 5.71. The van der Waals surface area contributed by atoms with Gasteiger partial charge in [-0.3, -0.25) is 4.79 Å². The topological polar surface area (TPSA) is 58.2 Å². The van der Waals surface area contributed by atoms with Gasteiger partial charge < -0.3 is 15.4 Å². The molecule has 0 aromatic rings. The van der Waals surface area contributed by atoms with Crippen LogP contribution in [-0.4, -0.2) is 31.3 Å². The Kier molecular flexibility index (Phi) is 6.55. The van der Waals surface area contributed by atoms with Crippen LogP contribution in [0, 0.1) is 5.92 Å². The van der Waals surface area contributed by atoms with Crippen LogP contribution in [0.4, 0.5) is 0 Å². The Hall–Kier alpha value is -1.16. The SMILES string of the molecule is C=CCNCC(=O)N[C@H](C=O)C1CCCCC1. The number of hydrogen-bond acceptors (Lipinski definition) is 3. The van der Waals surface area contributed by atoms with E-state index < -0.39 is 0 Å². The first-order valence-electron chi connectivity index (χ1n) is 6.34. The third-order valence-electron chi connectivity index (χ3n) is 3.21. The van der Waals surface area contributed by atoms with E-state index in [0.29, 0.717) is 12.5 Å². The summed E-state index contributed by atoms with van der Waals surface area (Å²) in [4.78, 5) is 22.6. The van der Waals surface area contributed by atoms with Crippen molar-refractivity contribution in [3.05, 3.63) is 12.7 Å². The molecule has 1 aliphatic rings. The molecule has 1 fully saturated rings. The van der Waals surface area contributed by atoms with Gasteiger partial charge in [0.1, 0.15) is 6.29 Å². The second-order valence-corrected chi connectivity index (χ2v) is 4.55. The molecule has 0 aliphatic heterocycles. The van der Waals surface area contributed by atoms with Gasteiger partial charge in [0.2, 0.25) is 5.91 Å². The van der Waals surface area contributed by atoms with Crippen LogP contribution in [0.15, 0.2) is 12.7 Å². The lowest BCUT2D eigenvalue weighted by atomic mass is 9.84. The van der Waals surface area contributed by atoms with Crippen molar-refractivity contribution in [1.82, 2.24) is 10.6 Å². The van der Waals surface area contributed by atoms with Crippen LogP contribution in [-0.2, 0) is 9.59 Å². The molecule has 96 valence electrons. The third-order valence-corrected chi connectivity index (χ3v) is 3.21. The lowest BCUT2D eigenvalue weighted by molar-refractivity contribution is -0.124. The normalized spacial score (nSPS) is 18.4. The Morgan fingerprint density at radius 3 is 2.65 bits per heavy atom. The van der Waals surface area contributed by atoms with Crippen molar-refractivity contribution in [3.63, 3.8) is 0 Å². The zero-order valence-electron chi connectivity index (χ0n) is 10.3. The summed E-state index contributed by atoms with van der Waals surface area (Å²) in [5.74, 6) is 0.208. The van der Waals surface area contributed by atoms with E-state index >= 15 is 0 Å². The van der Waals surface area contributed by atoms with Crippen molar-refractivity contribution < 1.29 is 9.59 Å². The minimum Gasteiger partial charge on any atom is -0.345 e. The molecule has 0 radical (unpaired) electrons. The quantitative estimate of drug-likeness (QED) is 0.395. The van der Waals surface area contributed by atoms with Crippen molar-refractivity contribution in [1.29, 1.82) is 0 Å². The summed E-state index contributed by atoms with van der Waals surface area (Å²) in [5.41, 5.74) is 0. The summed E-state index contributed by atoms with van der Waals surface area (Å²) in [6.45, 7) is 4.40. The van der Waals surface area contributed by atoms with E-state index in [9.17, 15) is 9.59 Å². The summed E-state index contributed by atoms with van der Waals surface area (Å²) in [6, 6.07) is -0.312. The number of nitrogens with one attached hydrogen (secondary N) is 2. The molecule has 1 atom stereocenters. The largest absolute Gasteiger partial charge is 0.345 e. The van der Waals surface area contributed by atoms with E-state index in [1.165, 1.54) is 19.3 Å². The van der Waals surface area contributed by atoms with E-state index in [-0.39, 0.29) is 18.5 Å². The van der Waals surface area contributed by atoms with Gasteiger partial charge in [-0.05, 0) is 18.8 Å². The fraction of sp³-hybridized carbons (Fsp3) is 0.692. The number of rotatable bonds is 7. The van der Waals surface area contributed by atoms with Crippen molar-refractivity contribution >= 4 is 12.2 Å². The number of carbonyl (C=O) groups is 2.